The van der Waals surface area contributed by atoms with E-state index in [0.717, 1.165) is 19.1 Å². The Labute approximate surface area is 107 Å². The molecule has 0 aliphatic carbocycles. The molecule has 3 nitrogen and oxygen atoms in total. The van der Waals surface area contributed by atoms with Gasteiger partial charge in [0, 0.05) is 38.8 Å². The van der Waals surface area contributed by atoms with Gasteiger partial charge in [0.05, 0.1) is 6.10 Å². The Kier molecular flexibility index (Phi) is 7.09. The van der Waals surface area contributed by atoms with Gasteiger partial charge >= 0.3 is 0 Å². The molecule has 0 aromatic carbocycles. The van der Waals surface area contributed by atoms with Crippen LogP contribution in [0, 0.1) is 5.92 Å². The fraction of sp³-hybridized carbons (Fsp3) is 1.00. The van der Waals surface area contributed by atoms with Gasteiger partial charge in [0.25, 0.3) is 0 Å². The lowest BCUT2D eigenvalue weighted by atomic mass is 10.1. The van der Waals surface area contributed by atoms with Crippen molar-refractivity contribution in [3.63, 3.8) is 0 Å². The molecule has 102 valence electrons. The zero-order valence-corrected chi connectivity index (χ0v) is 12.0. The SMILES string of the molecule is CCOC1CCN(CCNC(C)C(C)C)CC1. The number of hydrogen-bond acceptors (Lipinski definition) is 3. The molecule has 1 rings (SSSR count). The van der Waals surface area contributed by atoms with Crippen LogP contribution in [0.4, 0.5) is 0 Å². The summed E-state index contributed by atoms with van der Waals surface area (Å²) in [6.07, 6.45) is 2.92. The zero-order valence-electron chi connectivity index (χ0n) is 12.0. The maximum absolute atomic E-state index is 5.66. The molecule has 0 saturated carbocycles. The second-order valence-corrected chi connectivity index (χ2v) is 5.48. The first-order valence-corrected chi connectivity index (χ1v) is 7.20. The van der Waals surface area contributed by atoms with Crippen LogP contribution in [0.25, 0.3) is 0 Å². The molecule has 1 fully saturated rings. The van der Waals surface area contributed by atoms with Crippen LogP contribution in [0.3, 0.4) is 0 Å². The Hall–Kier alpha value is -0.120. The number of nitrogens with zero attached hydrogens (tertiary/aromatic N) is 1. The van der Waals surface area contributed by atoms with Crippen molar-refractivity contribution in [2.24, 2.45) is 5.92 Å². The molecule has 0 bridgehead atoms. The summed E-state index contributed by atoms with van der Waals surface area (Å²) in [5, 5.41) is 3.59. The molecule has 1 atom stereocenters. The van der Waals surface area contributed by atoms with Gasteiger partial charge in [-0.15, -0.1) is 0 Å². The molecule has 0 aromatic heterocycles. The first kappa shape index (κ1) is 14.9. The quantitative estimate of drug-likeness (QED) is 0.740. The Balaban J connectivity index is 2.06. The molecule has 0 spiro atoms. The Morgan fingerprint density at radius 1 is 1.24 bits per heavy atom. The van der Waals surface area contributed by atoms with Crippen molar-refractivity contribution in [2.45, 2.75) is 52.7 Å². The van der Waals surface area contributed by atoms with Crippen LogP contribution in [-0.4, -0.2) is 49.8 Å². The average Bonchev–Trinajstić information content (AvgIpc) is 2.31. The standard InChI is InChI=1S/C14H30N2O/c1-5-17-14-6-9-16(10-7-14)11-8-15-13(4)12(2)3/h12-15H,5-11H2,1-4H3. The normalized spacial score (nSPS) is 21.0. The molecular formula is C14H30N2O. The third kappa shape index (κ3) is 5.84. The van der Waals surface area contributed by atoms with E-state index in [0.29, 0.717) is 12.1 Å². The number of hydrogen-bond donors (Lipinski definition) is 1. The van der Waals surface area contributed by atoms with Crippen LogP contribution in [0.15, 0.2) is 0 Å². The van der Waals surface area contributed by atoms with Gasteiger partial charge in [-0.2, -0.15) is 0 Å². The van der Waals surface area contributed by atoms with E-state index in [-0.39, 0.29) is 0 Å². The molecule has 17 heavy (non-hydrogen) atoms. The molecule has 1 saturated heterocycles. The lowest BCUT2D eigenvalue weighted by molar-refractivity contribution is 0.0144. The minimum atomic E-state index is 0.513. The monoisotopic (exact) mass is 242 g/mol. The predicted octanol–water partition coefficient (Wildman–Crippen LogP) is 2.12. The highest BCUT2D eigenvalue weighted by atomic mass is 16.5. The third-order valence-electron chi connectivity index (χ3n) is 3.83. The van der Waals surface area contributed by atoms with Gasteiger partial charge in [-0.3, -0.25) is 0 Å². The summed E-state index contributed by atoms with van der Waals surface area (Å²) in [5.41, 5.74) is 0. The lowest BCUT2D eigenvalue weighted by Crippen LogP contribution is -2.42. The highest BCUT2D eigenvalue weighted by molar-refractivity contribution is 4.74. The first-order valence-electron chi connectivity index (χ1n) is 7.20. The van der Waals surface area contributed by atoms with E-state index in [4.69, 9.17) is 4.74 Å². The molecule has 1 aliphatic heterocycles. The molecule has 1 unspecified atom stereocenters. The van der Waals surface area contributed by atoms with Gasteiger partial charge in [0.2, 0.25) is 0 Å². The Bertz CT molecular complexity index is 189. The van der Waals surface area contributed by atoms with Crippen LogP contribution in [0.1, 0.15) is 40.5 Å². The van der Waals surface area contributed by atoms with Crippen LogP contribution in [0.5, 0.6) is 0 Å². The minimum Gasteiger partial charge on any atom is -0.378 e. The van der Waals surface area contributed by atoms with E-state index >= 15 is 0 Å². The second-order valence-electron chi connectivity index (χ2n) is 5.48. The van der Waals surface area contributed by atoms with Crippen LogP contribution < -0.4 is 5.32 Å². The molecule has 1 N–H and O–H groups in total. The average molecular weight is 242 g/mol. The molecule has 0 radical (unpaired) electrons. The Morgan fingerprint density at radius 2 is 1.88 bits per heavy atom. The maximum Gasteiger partial charge on any atom is 0.0599 e. The summed E-state index contributed by atoms with van der Waals surface area (Å²) in [6, 6.07) is 0.621. The minimum absolute atomic E-state index is 0.513. The van der Waals surface area contributed by atoms with E-state index in [9.17, 15) is 0 Å². The molecule has 0 aromatic rings. The maximum atomic E-state index is 5.66. The summed E-state index contributed by atoms with van der Waals surface area (Å²) in [4.78, 5) is 2.55. The van der Waals surface area contributed by atoms with Crippen LogP contribution in [-0.2, 0) is 4.74 Å². The number of rotatable bonds is 7. The number of ether oxygens (including phenoxy) is 1. The fourth-order valence-electron chi connectivity index (χ4n) is 2.22. The lowest BCUT2D eigenvalue weighted by Gasteiger charge is -2.32. The highest BCUT2D eigenvalue weighted by Gasteiger charge is 2.18. The van der Waals surface area contributed by atoms with Crippen molar-refractivity contribution in [3.05, 3.63) is 0 Å². The molecule has 1 aliphatic rings. The van der Waals surface area contributed by atoms with Gasteiger partial charge in [-0.1, -0.05) is 13.8 Å². The fourth-order valence-corrected chi connectivity index (χ4v) is 2.22. The molecule has 0 amide bonds. The smallest absolute Gasteiger partial charge is 0.0599 e. The third-order valence-corrected chi connectivity index (χ3v) is 3.83. The largest absolute Gasteiger partial charge is 0.378 e. The number of likely N-dealkylation sites (tertiary alicyclic amines) is 1. The van der Waals surface area contributed by atoms with Crippen molar-refractivity contribution in [3.8, 4) is 0 Å². The van der Waals surface area contributed by atoms with Gasteiger partial charge in [-0.05, 0) is 32.6 Å². The predicted molar refractivity (Wildman–Crippen MR) is 73.4 cm³/mol. The van der Waals surface area contributed by atoms with E-state index in [1.807, 2.05) is 0 Å². The van der Waals surface area contributed by atoms with Crippen LogP contribution >= 0.6 is 0 Å². The van der Waals surface area contributed by atoms with Gasteiger partial charge in [0.1, 0.15) is 0 Å². The summed E-state index contributed by atoms with van der Waals surface area (Å²) >= 11 is 0. The van der Waals surface area contributed by atoms with E-state index in [1.54, 1.807) is 0 Å². The van der Waals surface area contributed by atoms with Crippen LogP contribution in [0.2, 0.25) is 0 Å². The summed E-state index contributed by atoms with van der Waals surface area (Å²) < 4.78 is 5.66. The first-order chi connectivity index (χ1) is 8.13. The van der Waals surface area contributed by atoms with E-state index in [2.05, 4.69) is 37.9 Å². The highest BCUT2D eigenvalue weighted by Crippen LogP contribution is 2.12. The van der Waals surface area contributed by atoms with Crippen molar-refractivity contribution < 1.29 is 4.74 Å². The Morgan fingerprint density at radius 3 is 2.41 bits per heavy atom. The van der Waals surface area contributed by atoms with Gasteiger partial charge in [-0.25, -0.2) is 0 Å². The molecule has 3 heteroatoms. The molecule has 1 heterocycles. The molecular weight excluding hydrogens is 212 g/mol. The second kappa shape index (κ2) is 8.06. The zero-order chi connectivity index (χ0) is 12.7. The topological polar surface area (TPSA) is 24.5 Å². The summed E-state index contributed by atoms with van der Waals surface area (Å²) in [7, 11) is 0. The number of nitrogens with one attached hydrogen (secondary N) is 1. The van der Waals surface area contributed by atoms with E-state index in [1.165, 1.54) is 32.5 Å². The number of piperidine rings is 1. The van der Waals surface area contributed by atoms with Crippen molar-refractivity contribution in [2.75, 3.05) is 32.8 Å². The summed E-state index contributed by atoms with van der Waals surface area (Å²) in [6.45, 7) is 14.4. The van der Waals surface area contributed by atoms with Gasteiger partial charge < -0.3 is 15.0 Å². The van der Waals surface area contributed by atoms with Crippen molar-refractivity contribution in [1.29, 1.82) is 0 Å². The van der Waals surface area contributed by atoms with Gasteiger partial charge in [0.15, 0.2) is 0 Å². The summed E-state index contributed by atoms with van der Waals surface area (Å²) in [5.74, 6) is 0.721. The van der Waals surface area contributed by atoms with Crippen molar-refractivity contribution >= 4 is 0 Å². The van der Waals surface area contributed by atoms with Crippen molar-refractivity contribution in [1.82, 2.24) is 10.2 Å². The van der Waals surface area contributed by atoms with E-state index < -0.39 is 0 Å².